The van der Waals surface area contributed by atoms with E-state index in [-0.39, 0.29) is 11.7 Å². The fourth-order valence-electron chi connectivity index (χ4n) is 1.20. The molecule has 82 valence electrons. The summed E-state index contributed by atoms with van der Waals surface area (Å²) in [4.78, 5) is 11.8. The molecule has 1 aromatic carbocycles. The molecule has 1 rings (SSSR count). The van der Waals surface area contributed by atoms with Crippen LogP contribution in [0.15, 0.2) is 18.2 Å². The van der Waals surface area contributed by atoms with E-state index in [0.29, 0.717) is 22.9 Å². The smallest absolute Gasteiger partial charge is 0.168 e. The molecule has 4 heteroatoms. The Bertz CT molecular complexity index is 366. The molecule has 0 fully saturated rings. The van der Waals surface area contributed by atoms with E-state index >= 15 is 0 Å². The first-order valence-corrected chi connectivity index (χ1v) is 5.05. The highest BCUT2D eigenvalue weighted by atomic mass is 35.5. The maximum absolute atomic E-state index is 11.8. The maximum atomic E-state index is 11.8. The van der Waals surface area contributed by atoms with Crippen molar-refractivity contribution < 1.29 is 9.53 Å². The number of carbonyl (C=O) groups is 1. The predicted molar refractivity (Wildman–Crippen MR) is 60.6 cm³/mol. The second-order valence-electron chi connectivity index (χ2n) is 3.35. The summed E-state index contributed by atoms with van der Waals surface area (Å²) in [5.41, 5.74) is 5.92. The Morgan fingerprint density at radius 3 is 2.73 bits per heavy atom. The number of rotatable bonds is 4. The average Bonchev–Trinajstić information content (AvgIpc) is 2.26. The number of nitrogens with two attached hydrogens (primary N) is 1. The number of carbonyl (C=O) groups excluding carboxylic acids is 1. The van der Waals surface area contributed by atoms with E-state index in [2.05, 4.69) is 0 Å². The molecule has 1 atom stereocenters. The van der Waals surface area contributed by atoms with Crippen molar-refractivity contribution in [2.45, 2.75) is 6.92 Å². The third-order valence-corrected chi connectivity index (χ3v) is 2.56. The van der Waals surface area contributed by atoms with Gasteiger partial charge in [0.15, 0.2) is 5.78 Å². The van der Waals surface area contributed by atoms with Crippen LogP contribution in [0.3, 0.4) is 0 Å². The number of methoxy groups -OCH3 is 1. The van der Waals surface area contributed by atoms with E-state index in [4.69, 9.17) is 22.1 Å². The molecule has 0 saturated heterocycles. The molecular formula is C11H14ClNO2. The molecule has 0 bridgehead atoms. The molecule has 0 aliphatic carbocycles. The molecule has 2 N–H and O–H groups in total. The van der Waals surface area contributed by atoms with E-state index < -0.39 is 0 Å². The lowest BCUT2D eigenvalue weighted by Crippen LogP contribution is -2.20. The largest absolute Gasteiger partial charge is 0.497 e. The van der Waals surface area contributed by atoms with Gasteiger partial charge in [0.2, 0.25) is 0 Å². The molecule has 3 nitrogen and oxygen atoms in total. The molecule has 0 aromatic heterocycles. The SMILES string of the molecule is COc1ccc(C(=O)C(C)CN)c(Cl)c1. The Hall–Kier alpha value is -1.06. The minimum absolute atomic E-state index is 0.0369. The number of ether oxygens (including phenoxy) is 1. The van der Waals surface area contributed by atoms with Gasteiger partial charge in [-0.3, -0.25) is 4.79 Å². The van der Waals surface area contributed by atoms with Gasteiger partial charge in [0.05, 0.1) is 12.1 Å². The van der Waals surface area contributed by atoms with E-state index in [1.165, 1.54) is 0 Å². The lowest BCUT2D eigenvalue weighted by atomic mass is 9.99. The fraction of sp³-hybridized carbons (Fsp3) is 0.364. The Morgan fingerprint density at radius 1 is 1.60 bits per heavy atom. The Morgan fingerprint density at radius 2 is 2.27 bits per heavy atom. The lowest BCUT2D eigenvalue weighted by molar-refractivity contribution is 0.0934. The van der Waals surface area contributed by atoms with Gasteiger partial charge in [-0.15, -0.1) is 0 Å². The Kier molecular flexibility index (Phi) is 4.12. The summed E-state index contributed by atoms with van der Waals surface area (Å²) >= 11 is 5.96. The third kappa shape index (κ3) is 2.70. The van der Waals surface area contributed by atoms with Crippen LogP contribution in [0.4, 0.5) is 0 Å². The number of halogens is 1. The van der Waals surface area contributed by atoms with Gasteiger partial charge in [-0.2, -0.15) is 0 Å². The zero-order valence-electron chi connectivity index (χ0n) is 8.79. The van der Waals surface area contributed by atoms with E-state index in [0.717, 1.165) is 0 Å². The number of Topliss-reactive ketones (excluding diaryl/α,β-unsaturated/α-hetero) is 1. The van der Waals surface area contributed by atoms with Crippen molar-refractivity contribution in [1.82, 2.24) is 0 Å². The minimum Gasteiger partial charge on any atom is -0.497 e. The standard InChI is InChI=1S/C11H14ClNO2/c1-7(6-13)11(14)9-4-3-8(15-2)5-10(9)12/h3-5,7H,6,13H2,1-2H3. The van der Waals surface area contributed by atoms with Crippen LogP contribution in [0.2, 0.25) is 5.02 Å². The van der Waals surface area contributed by atoms with E-state index in [1.807, 2.05) is 0 Å². The summed E-state index contributed by atoms with van der Waals surface area (Å²) in [7, 11) is 1.55. The molecule has 15 heavy (non-hydrogen) atoms. The van der Waals surface area contributed by atoms with Gasteiger partial charge >= 0.3 is 0 Å². The number of ketones is 1. The van der Waals surface area contributed by atoms with Gasteiger partial charge in [0, 0.05) is 18.0 Å². The molecular weight excluding hydrogens is 214 g/mol. The highest BCUT2D eigenvalue weighted by molar-refractivity contribution is 6.34. The van der Waals surface area contributed by atoms with Crippen LogP contribution in [0, 0.1) is 5.92 Å². The molecule has 0 radical (unpaired) electrons. The first kappa shape index (κ1) is 12.0. The minimum atomic E-state index is -0.212. The summed E-state index contributed by atoms with van der Waals surface area (Å²) in [6.45, 7) is 2.10. The molecule has 0 amide bonds. The van der Waals surface area contributed by atoms with Crippen molar-refractivity contribution in [3.8, 4) is 5.75 Å². The van der Waals surface area contributed by atoms with Crippen molar-refractivity contribution in [1.29, 1.82) is 0 Å². The van der Waals surface area contributed by atoms with Crippen LogP contribution in [0.5, 0.6) is 5.75 Å². The average molecular weight is 228 g/mol. The number of benzene rings is 1. The molecule has 0 spiro atoms. The van der Waals surface area contributed by atoms with Gasteiger partial charge < -0.3 is 10.5 Å². The summed E-state index contributed by atoms with van der Waals surface area (Å²) in [6.07, 6.45) is 0. The van der Waals surface area contributed by atoms with Crippen LogP contribution in [-0.4, -0.2) is 19.4 Å². The van der Waals surface area contributed by atoms with Gasteiger partial charge in [-0.25, -0.2) is 0 Å². The summed E-state index contributed by atoms with van der Waals surface area (Å²) in [5.74, 6) is 0.387. The number of hydrogen-bond acceptors (Lipinski definition) is 3. The summed E-state index contributed by atoms with van der Waals surface area (Å²) in [6, 6.07) is 5.00. The van der Waals surface area contributed by atoms with Crippen LogP contribution in [-0.2, 0) is 0 Å². The van der Waals surface area contributed by atoms with Crippen LogP contribution >= 0.6 is 11.6 Å². The van der Waals surface area contributed by atoms with Crippen LogP contribution in [0.25, 0.3) is 0 Å². The zero-order valence-corrected chi connectivity index (χ0v) is 9.54. The van der Waals surface area contributed by atoms with Gasteiger partial charge in [0.25, 0.3) is 0 Å². The van der Waals surface area contributed by atoms with E-state index in [9.17, 15) is 4.79 Å². The quantitative estimate of drug-likeness (QED) is 0.802. The highest BCUT2D eigenvalue weighted by Gasteiger charge is 2.16. The zero-order chi connectivity index (χ0) is 11.4. The summed E-state index contributed by atoms with van der Waals surface area (Å²) < 4.78 is 5.00. The topological polar surface area (TPSA) is 52.3 Å². The third-order valence-electron chi connectivity index (χ3n) is 2.24. The van der Waals surface area contributed by atoms with Crippen molar-refractivity contribution in [3.05, 3.63) is 28.8 Å². The Labute approximate surface area is 94.2 Å². The van der Waals surface area contributed by atoms with Crippen LogP contribution in [0.1, 0.15) is 17.3 Å². The van der Waals surface area contributed by atoms with Gasteiger partial charge in [0.1, 0.15) is 5.75 Å². The van der Waals surface area contributed by atoms with Crippen molar-refractivity contribution >= 4 is 17.4 Å². The van der Waals surface area contributed by atoms with Gasteiger partial charge in [-0.1, -0.05) is 18.5 Å². The second kappa shape index (κ2) is 5.14. The molecule has 0 aliphatic heterocycles. The van der Waals surface area contributed by atoms with Gasteiger partial charge in [-0.05, 0) is 18.2 Å². The summed E-state index contributed by atoms with van der Waals surface area (Å²) in [5, 5.41) is 0.402. The monoisotopic (exact) mass is 227 g/mol. The first-order chi connectivity index (χ1) is 7.10. The number of hydrogen-bond donors (Lipinski definition) is 1. The van der Waals surface area contributed by atoms with Crippen molar-refractivity contribution in [3.63, 3.8) is 0 Å². The van der Waals surface area contributed by atoms with E-state index in [1.54, 1.807) is 32.2 Å². The van der Waals surface area contributed by atoms with Crippen molar-refractivity contribution in [2.24, 2.45) is 11.7 Å². The molecule has 0 aliphatic rings. The molecule has 0 saturated carbocycles. The fourth-order valence-corrected chi connectivity index (χ4v) is 1.46. The predicted octanol–water partition coefficient (Wildman–Crippen LogP) is 2.13. The van der Waals surface area contributed by atoms with Crippen molar-refractivity contribution in [2.75, 3.05) is 13.7 Å². The molecule has 0 heterocycles. The molecule has 1 aromatic rings. The second-order valence-corrected chi connectivity index (χ2v) is 3.75. The highest BCUT2D eigenvalue weighted by Crippen LogP contribution is 2.24. The van der Waals surface area contributed by atoms with Crippen LogP contribution < -0.4 is 10.5 Å². The lowest BCUT2D eigenvalue weighted by Gasteiger charge is -2.09. The first-order valence-electron chi connectivity index (χ1n) is 4.68. The normalized spacial score (nSPS) is 12.3. The maximum Gasteiger partial charge on any atom is 0.168 e. The Balaban J connectivity index is 3.00. The molecule has 1 unspecified atom stereocenters.